The molecule has 4 rings (SSSR count). The summed E-state index contributed by atoms with van der Waals surface area (Å²) < 4.78 is 16.4. The molecule has 1 atom stereocenters. The van der Waals surface area contributed by atoms with E-state index < -0.39 is 0 Å². The number of aromatic amines is 1. The number of carbonyl (C=O) groups excluding carboxylic acids is 1. The van der Waals surface area contributed by atoms with E-state index in [2.05, 4.69) is 15.5 Å². The largest absolute Gasteiger partial charge is 0.493 e. The van der Waals surface area contributed by atoms with Crippen LogP contribution < -0.4 is 19.5 Å². The van der Waals surface area contributed by atoms with E-state index in [0.29, 0.717) is 29.5 Å². The van der Waals surface area contributed by atoms with E-state index in [4.69, 9.17) is 14.2 Å². The van der Waals surface area contributed by atoms with Crippen LogP contribution in [0.2, 0.25) is 0 Å². The fraction of sp³-hybridized carbons (Fsp3) is 0.238. The molecule has 28 heavy (non-hydrogen) atoms. The molecule has 1 aliphatic heterocycles. The van der Waals surface area contributed by atoms with Gasteiger partial charge in [-0.25, -0.2) is 0 Å². The molecule has 0 bridgehead atoms. The van der Waals surface area contributed by atoms with Crippen molar-refractivity contribution < 1.29 is 19.0 Å². The minimum absolute atomic E-state index is 0.0858. The molecule has 2 heterocycles. The summed E-state index contributed by atoms with van der Waals surface area (Å²) in [4.78, 5) is 12.3. The van der Waals surface area contributed by atoms with Gasteiger partial charge in [-0.3, -0.25) is 9.89 Å². The minimum Gasteiger partial charge on any atom is -0.493 e. The molecule has 0 spiro atoms. The van der Waals surface area contributed by atoms with Crippen molar-refractivity contribution in [3.05, 3.63) is 53.6 Å². The number of amides is 1. The van der Waals surface area contributed by atoms with Gasteiger partial charge in [0.15, 0.2) is 17.3 Å². The molecule has 0 aliphatic carbocycles. The highest BCUT2D eigenvalue weighted by atomic mass is 16.5. The maximum absolute atomic E-state index is 12.3. The number of hydrogen-bond donors (Lipinski definition) is 2. The lowest BCUT2D eigenvalue weighted by atomic mass is 9.84. The number of ether oxygens (including phenoxy) is 3. The first kappa shape index (κ1) is 17.9. The van der Waals surface area contributed by atoms with Crippen molar-refractivity contribution in [3.8, 4) is 28.5 Å². The Morgan fingerprint density at radius 1 is 1.00 bits per heavy atom. The second-order valence-electron chi connectivity index (χ2n) is 6.49. The van der Waals surface area contributed by atoms with E-state index >= 15 is 0 Å². The average molecular weight is 379 g/mol. The first-order valence-corrected chi connectivity index (χ1v) is 8.89. The van der Waals surface area contributed by atoms with Gasteiger partial charge in [0.2, 0.25) is 11.7 Å². The molecule has 3 aromatic rings. The summed E-state index contributed by atoms with van der Waals surface area (Å²) in [5.74, 6) is 1.88. The standard InChI is InChI=1S/C21H21N3O4/c1-26-15-9-13(10-16(27-2)20(15)28-3)14-11-17(25)22-21-18(14)19(23-24-21)12-7-5-4-6-8-12/h4-10,14H,11H2,1-3H3,(H2,22,23,24,25). The SMILES string of the molecule is COc1cc(C2CC(=O)Nc3n[nH]c(-c4ccccc4)c32)cc(OC)c1OC. The Balaban J connectivity index is 1.89. The number of carbonyl (C=O) groups is 1. The number of anilines is 1. The third-order valence-electron chi connectivity index (χ3n) is 4.95. The summed E-state index contributed by atoms with van der Waals surface area (Å²) in [5.41, 5.74) is 3.73. The summed E-state index contributed by atoms with van der Waals surface area (Å²) in [6.45, 7) is 0. The molecule has 1 aromatic heterocycles. The van der Waals surface area contributed by atoms with E-state index in [1.54, 1.807) is 21.3 Å². The number of nitrogens with zero attached hydrogens (tertiary/aromatic N) is 1. The van der Waals surface area contributed by atoms with Crippen molar-refractivity contribution in [2.45, 2.75) is 12.3 Å². The third kappa shape index (κ3) is 2.94. The van der Waals surface area contributed by atoms with Gasteiger partial charge in [-0.2, -0.15) is 5.10 Å². The lowest BCUT2D eigenvalue weighted by Crippen LogP contribution is -2.23. The van der Waals surface area contributed by atoms with Crippen LogP contribution in [0.5, 0.6) is 17.2 Å². The van der Waals surface area contributed by atoms with Gasteiger partial charge >= 0.3 is 0 Å². The van der Waals surface area contributed by atoms with Crippen LogP contribution in [0.15, 0.2) is 42.5 Å². The maximum atomic E-state index is 12.3. The Morgan fingerprint density at radius 3 is 2.29 bits per heavy atom. The van der Waals surface area contributed by atoms with Crippen LogP contribution in [-0.2, 0) is 4.79 Å². The second-order valence-corrected chi connectivity index (χ2v) is 6.49. The fourth-order valence-corrected chi connectivity index (χ4v) is 3.67. The number of rotatable bonds is 5. The van der Waals surface area contributed by atoms with Gasteiger partial charge in [0.1, 0.15) is 0 Å². The highest BCUT2D eigenvalue weighted by Crippen LogP contribution is 2.46. The van der Waals surface area contributed by atoms with Crippen molar-refractivity contribution >= 4 is 11.7 Å². The van der Waals surface area contributed by atoms with Crippen LogP contribution >= 0.6 is 0 Å². The highest BCUT2D eigenvalue weighted by Gasteiger charge is 2.33. The number of benzene rings is 2. The summed E-state index contributed by atoms with van der Waals surface area (Å²) in [6, 6.07) is 13.7. The van der Waals surface area contributed by atoms with Gasteiger partial charge in [-0.1, -0.05) is 30.3 Å². The predicted octanol–water partition coefficient (Wildman–Crippen LogP) is 3.58. The molecule has 2 aromatic carbocycles. The lowest BCUT2D eigenvalue weighted by molar-refractivity contribution is -0.116. The maximum Gasteiger partial charge on any atom is 0.226 e. The van der Waals surface area contributed by atoms with Crippen LogP contribution in [-0.4, -0.2) is 37.4 Å². The van der Waals surface area contributed by atoms with E-state index in [9.17, 15) is 4.79 Å². The van der Waals surface area contributed by atoms with E-state index in [1.807, 2.05) is 42.5 Å². The Bertz CT molecular complexity index is 989. The molecule has 1 amide bonds. The predicted molar refractivity (Wildman–Crippen MR) is 105 cm³/mol. The number of fused-ring (bicyclic) bond motifs is 1. The molecule has 2 N–H and O–H groups in total. The van der Waals surface area contributed by atoms with Gasteiger partial charge in [-0.05, 0) is 23.3 Å². The number of aromatic nitrogens is 2. The first-order valence-electron chi connectivity index (χ1n) is 8.89. The smallest absolute Gasteiger partial charge is 0.226 e. The molecule has 0 radical (unpaired) electrons. The summed E-state index contributed by atoms with van der Waals surface area (Å²) in [7, 11) is 4.72. The third-order valence-corrected chi connectivity index (χ3v) is 4.95. The zero-order valence-electron chi connectivity index (χ0n) is 15.9. The fourth-order valence-electron chi connectivity index (χ4n) is 3.67. The van der Waals surface area contributed by atoms with Crippen molar-refractivity contribution in [1.29, 1.82) is 0 Å². The number of H-pyrrole nitrogens is 1. The van der Waals surface area contributed by atoms with Gasteiger partial charge < -0.3 is 19.5 Å². The molecule has 7 nitrogen and oxygen atoms in total. The molecular formula is C21H21N3O4. The molecule has 144 valence electrons. The van der Waals surface area contributed by atoms with Crippen molar-refractivity contribution in [2.75, 3.05) is 26.6 Å². The molecule has 0 saturated heterocycles. The normalized spacial score (nSPS) is 15.5. The Morgan fingerprint density at radius 2 is 1.68 bits per heavy atom. The van der Waals surface area contributed by atoms with Crippen LogP contribution in [0.1, 0.15) is 23.5 Å². The van der Waals surface area contributed by atoms with Crippen molar-refractivity contribution in [1.82, 2.24) is 10.2 Å². The summed E-state index contributed by atoms with van der Waals surface area (Å²) >= 11 is 0. The van der Waals surface area contributed by atoms with Crippen LogP contribution in [0, 0.1) is 0 Å². The van der Waals surface area contributed by atoms with Crippen LogP contribution in [0.25, 0.3) is 11.3 Å². The monoisotopic (exact) mass is 379 g/mol. The Hall–Kier alpha value is -3.48. The minimum atomic E-state index is -0.202. The highest BCUT2D eigenvalue weighted by molar-refractivity contribution is 5.96. The van der Waals surface area contributed by atoms with Crippen molar-refractivity contribution in [2.24, 2.45) is 0 Å². The van der Waals surface area contributed by atoms with E-state index in [0.717, 1.165) is 22.4 Å². The zero-order valence-corrected chi connectivity index (χ0v) is 15.9. The van der Waals surface area contributed by atoms with Gasteiger partial charge in [-0.15, -0.1) is 0 Å². The van der Waals surface area contributed by atoms with Gasteiger partial charge in [0, 0.05) is 17.9 Å². The average Bonchev–Trinajstić information content (AvgIpc) is 3.16. The van der Waals surface area contributed by atoms with Crippen molar-refractivity contribution in [3.63, 3.8) is 0 Å². The van der Waals surface area contributed by atoms with Crippen LogP contribution in [0.3, 0.4) is 0 Å². The second kappa shape index (κ2) is 7.26. The van der Waals surface area contributed by atoms with Crippen LogP contribution in [0.4, 0.5) is 5.82 Å². The summed E-state index contributed by atoms with van der Waals surface area (Å²) in [6.07, 6.45) is 0.297. The number of nitrogens with one attached hydrogen (secondary N) is 2. The molecule has 1 unspecified atom stereocenters. The molecule has 0 fully saturated rings. The first-order chi connectivity index (χ1) is 13.7. The van der Waals surface area contributed by atoms with Gasteiger partial charge in [0.25, 0.3) is 0 Å². The number of hydrogen-bond acceptors (Lipinski definition) is 5. The van der Waals surface area contributed by atoms with E-state index in [1.165, 1.54) is 0 Å². The molecule has 7 heteroatoms. The lowest BCUT2D eigenvalue weighted by Gasteiger charge is -2.25. The van der Waals surface area contributed by atoms with E-state index in [-0.39, 0.29) is 11.8 Å². The Labute approximate surface area is 162 Å². The quantitative estimate of drug-likeness (QED) is 0.708. The zero-order chi connectivity index (χ0) is 19.7. The summed E-state index contributed by atoms with van der Waals surface area (Å²) in [5, 5.41) is 10.3. The number of methoxy groups -OCH3 is 3. The molecular weight excluding hydrogens is 358 g/mol. The van der Waals surface area contributed by atoms with Gasteiger partial charge in [0.05, 0.1) is 27.0 Å². The molecule has 1 aliphatic rings. The topological polar surface area (TPSA) is 85.5 Å². The molecule has 0 saturated carbocycles. The Kier molecular flexibility index (Phi) is 4.65.